The maximum atomic E-state index is 5.43. The van der Waals surface area contributed by atoms with Gasteiger partial charge in [0, 0.05) is 17.8 Å². The number of rotatable bonds is 2. The third-order valence-electron chi connectivity index (χ3n) is 1.36. The van der Waals surface area contributed by atoms with Crippen LogP contribution in [0.3, 0.4) is 0 Å². The minimum atomic E-state index is 0.451. The Hall–Kier alpha value is -1.51. The van der Waals surface area contributed by atoms with Crippen LogP contribution >= 0.6 is 0 Å². The lowest BCUT2D eigenvalue weighted by atomic mass is 10.2. The molecule has 0 aliphatic carbocycles. The maximum Gasteiger partial charge on any atom is 0.131 e. The zero-order valence-electron chi connectivity index (χ0n) is 6.37. The Balaban J connectivity index is 3.16. The van der Waals surface area contributed by atoms with Crippen molar-refractivity contribution >= 4 is 11.9 Å². The van der Waals surface area contributed by atoms with Gasteiger partial charge in [-0.05, 0) is 0 Å². The summed E-state index contributed by atoms with van der Waals surface area (Å²) in [6.07, 6.45) is 3.30. The highest BCUT2D eigenvalue weighted by Gasteiger charge is 1.98. The number of nitrogens with zero attached hydrogens (tertiary/aromatic N) is 1. The smallest absolute Gasteiger partial charge is 0.131 e. The van der Waals surface area contributed by atoms with Gasteiger partial charge in [-0.25, -0.2) is 4.98 Å². The molecule has 0 aromatic carbocycles. The van der Waals surface area contributed by atoms with Crippen LogP contribution in [0.25, 0.3) is 6.08 Å². The average molecular weight is 150 g/mol. The second-order valence-electron chi connectivity index (χ2n) is 2.06. The Kier molecular flexibility index (Phi) is 2.11. The molecule has 0 saturated heterocycles. The molecule has 0 aliphatic rings. The number of nitrogens with two attached hydrogens (primary N) is 1. The fourth-order valence-electron chi connectivity index (χ4n) is 0.793. The van der Waals surface area contributed by atoms with Gasteiger partial charge in [0.15, 0.2) is 0 Å². The van der Waals surface area contributed by atoms with Crippen LogP contribution in [0.4, 0.5) is 5.82 Å². The SMILES string of the molecule is C=Cc1cnc(N)cc1OC. The molecule has 58 valence electrons. The van der Waals surface area contributed by atoms with E-state index in [9.17, 15) is 0 Å². The number of ether oxygens (including phenoxy) is 1. The summed E-state index contributed by atoms with van der Waals surface area (Å²) in [4.78, 5) is 3.89. The first-order valence-electron chi connectivity index (χ1n) is 3.20. The summed E-state index contributed by atoms with van der Waals surface area (Å²) in [5, 5.41) is 0. The summed E-state index contributed by atoms with van der Waals surface area (Å²) < 4.78 is 5.03. The quantitative estimate of drug-likeness (QED) is 0.691. The monoisotopic (exact) mass is 150 g/mol. The Morgan fingerprint density at radius 2 is 2.45 bits per heavy atom. The minimum Gasteiger partial charge on any atom is -0.496 e. The van der Waals surface area contributed by atoms with E-state index in [1.165, 1.54) is 0 Å². The zero-order valence-corrected chi connectivity index (χ0v) is 6.37. The van der Waals surface area contributed by atoms with Gasteiger partial charge in [0.2, 0.25) is 0 Å². The normalized spacial score (nSPS) is 9.18. The first-order valence-corrected chi connectivity index (χ1v) is 3.20. The molecule has 2 N–H and O–H groups in total. The highest BCUT2D eigenvalue weighted by Crippen LogP contribution is 2.19. The van der Waals surface area contributed by atoms with Crippen LogP contribution in [0, 0.1) is 0 Å². The van der Waals surface area contributed by atoms with E-state index in [4.69, 9.17) is 10.5 Å². The average Bonchev–Trinajstić information content (AvgIpc) is 2.04. The van der Waals surface area contributed by atoms with E-state index in [1.54, 1.807) is 25.4 Å². The van der Waals surface area contributed by atoms with E-state index in [1.807, 2.05) is 0 Å². The summed E-state index contributed by atoms with van der Waals surface area (Å²) in [5.74, 6) is 1.15. The third-order valence-corrected chi connectivity index (χ3v) is 1.36. The van der Waals surface area contributed by atoms with Crippen molar-refractivity contribution < 1.29 is 4.74 Å². The molecule has 0 aliphatic heterocycles. The van der Waals surface area contributed by atoms with E-state index < -0.39 is 0 Å². The number of nitrogen functional groups attached to an aromatic ring is 1. The molecule has 0 radical (unpaired) electrons. The molecule has 1 aromatic heterocycles. The molecule has 11 heavy (non-hydrogen) atoms. The Labute approximate surface area is 65.5 Å². The lowest BCUT2D eigenvalue weighted by molar-refractivity contribution is 0.413. The molecule has 1 heterocycles. The fraction of sp³-hybridized carbons (Fsp3) is 0.125. The van der Waals surface area contributed by atoms with Crippen molar-refractivity contribution in [3.8, 4) is 5.75 Å². The van der Waals surface area contributed by atoms with E-state index >= 15 is 0 Å². The summed E-state index contributed by atoms with van der Waals surface area (Å²) in [5.41, 5.74) is 6.28. The predicted molar refractivity (Wildman–Crippen MR) is 45.3 cm³/mol. The summed E-state index contributed by atoms with van der Waals surface area (Å²) in [6, 6.07) is 1.66. The van der Waals surface area contributed by atoms with Crippen LogP contribution in [-0.2, 0) is 0 Å². The molecule has 3 heteroatoms. The number of anilines is 1. The largest absolute Gasteiger partial charge is 0.496 e. The fourth-order valence-corrected chi connectivity index (χ4v) is 0.793. The molecular weight excluding hydrogens is 140 g/mol. The van der Waals surface area contributed by atoms with Crippen molar-refractivity contribution in [3.63, 3.8) is 0 Å². The second kappa shape index (κ2) is 3.05. The molecule has 0 fully saturated rings. The Morgan fingerprint density at radius 3 is 3.00 bits per heavy atom. The summed E-state index contributed by atoms with van der Waals surface area (Å²) in [6.45, 7) is 3.61. The van der Waals surface area contributed by atoms with Crippen molar-refractivity contribution in [1.29, 1.82) is 0 Å². The van der Waals surface area contributed by atoms with Gasteiger partial charge in [-0.3, -0.25) is 0 Å². The number of hydrogen-bond acceptors (Lipinski definition) is 3. The minimum absolute atomic E-state index is 0.451. The first kappa shape index (κ1) is 7.60. The van der Waals surface area contributed by atoms with Crippen molar-refractivity contribution in [1.82, 2.24) is 4.98 Å². The topological polar surface area (TPSA) is 48.1 Å². The van der Waals surface area contributed by atoms with Crippen LogP contribution in [0.2, 0.25) is 0 Å². The van der Waals surface area contributed by atoms with E-state index in [2.05, 4.69) is 11.6 Å². The van der Waals surface area contributed by atoms with Crippen LogP contribution < -0.4 is 10.5 Å². The lowest BCUT2D eigenvalue weighted by Crippen LogP contribution is -1.93. The van der Waals surface area contributed by atoms with Crippen LogP contribution in [-0.4, -0.2) is 12.1 Å². The van der Waals surface area contributed by atoms with Gasteiger partial charge in [0.1, 0.15) is 11.6 Å². The Bertz CT molecular complexity index is 271. The second-order valence-corrected chi connectivity index (χ2v) is 2.06. The van der Waals surface area contributed by atoms with Crippen molar-refractivity contribution in [2.75, 3.05) is 12.8 Å². The molecule has 1 rings (SSSR count). The summed E-state index contributed by atoms with van der Waals surface area (Å²) >= 11 is 0. The molecule has 1 aromatic rings. The van der Waals surface area contributed by atoms with E-state index in [-0.39, 0.29) is 0 Å². The number of methoxy groups -OCH3 is 1. The number of pyridine rings is 1. The van der Waals surface area contributed by atoms with Gasteiger partial charge in [-0.2, -0.15) is 0 Å². The van der Waals surface area contributed by atoms with Crippen LogP contribution in [0.1, 0.15) is 5.56 Å². The van der Waals surface area contributed by atoms with Crippen LogP contribution in [0.5, 0.6) is 5.75 Å². The number of aromatic nitrogens is 1. The molecule has 0 spiro atoms. The highest BCUT2D eigenvalue weighted by atomic mass is 16.5. The molecule has 0 saturated carbocycles. The van der Waals surface area contributed by atoms with Crippen molar-refractivity contribution in [2.45, 2.75) is 0 Å². The van der Waals surface area contributed by atoms with Gasteiger partial charge in [-0.1, -0.05) is 12.7 Å². The molecule has 0 unspecified atom stereocenters. The highest BCUT2D eigenvalue weighted by molar-refractivity contribution is 5.57. The van der Waals surface area contributed by atoms with Crippen molar-refractivity contribution in [3.05, 3.63) is 24.4 Å². The molecule has 0 bridgehead atoms. The van der Waals surface area contributed by atoms with Gasteiger partial charge in [-0.15, -0.1) is 0 Å². The first-order chi connectivity index (χ1) is 5.27. The standard InChI is InChI=1S/C8H10N2O/c1-3-6-5-10-8(9)4-7(6)11-2/h3-5H,1H2,2H3,(H2,9,10). The van der Waals surface area contributed by atoms with Crippen LogP contribution in [0.15, 0.2) is 18.8 Å². The van der Waals surface area contributed by atoms with Gasteiger partial charge in [0.05, 0.1) is 7.11 Å². The summed E-state index contributed by atoms with van der Waals surface area (Å²) in [7, 11) is 1.59. The molecule has 0 atom stereocenters. The predicted octanol–water partition coefficient (Wildman–Crippen LogP) is 1.32. The lowest BCUT2D eigenvalue weighted by Gasteiger charge is -2.03. The van der Waals surface area contributed by atoms with Gasteiger partial charge in [0.25, 0.3) is 0 Å². The Morgan fingerprint density at radius 1 is 1.73 bits per heavy atom. The van der Waals surface area contributed by atoms with Gasteiger partial charge < -0.3 is 10.5 Å². The third kappa shape index (κ3) is 1.49. The molecule has 0 amide bonds. The van der Waals surface area contributed by atoms with Gasteiger partial charge >= 0.3 is 0 Å². The maximum absolute atomic E-state index is 5.43. The van der Waals surface area contributed by atoms with E-state index in [0.29, 0.717) is 11.6 Å². The molecule has 3 nitrogen and oxygen atoms in total. The van der Waals surface area contributed by atoms with Crippen molar-refractivity contribution in [2.24, 2.45) is 0 Å². The zero-order chi connectivity index (χ0) is 8.27. The molecular formula is C8H10N2O. The van der Waals surface area contributed by atoms with E-state index in [0.717, 1.165) is 5.56 Å². The number of hydrogen-bond donors (Lipinski definition) is 1.